The lowest BCUT2D eigenvalue weighted by molar-refractivity contribution is -0.130. The predicted molar refractivity (Wildman–Crippen MR) is 116 cm³/mol. The van der Waals surface area contributed by atoms with Gasteiger partial charge in [0.1, 0.15) is 10.9 Å². The molecule has 4 rings (SSSR count). The van der Waals surface area contributed by atoms with E-state index in [2.05, 4.69) is 10.1 Å². The van der Waals surface area contributed by atoms with Crippen LogP contribution in [0.5, 0.6) is 5.75 Å². The summed E-state index contributed by atoms with van der Waals surface area (Å²) < 4.78 is 5.55. The summed E-state index contributed by atoms with van der Waals surface area (Å²) in [6.45, 7) is 6.09. The summed E-state index contributed by atoms with van der Waals surface area (Å²) in [5, 5.41) is 7.43. The number of carbonyl (C=O) groups is 1. The van der Waals surface area contributed by atoms with Crippen LogP contribution < -0.4 is 4.74 Å². The van der Waals surface area contributed by atoms with E-state index in [1.807, 2.05) is 62.4 Å². The summed E-state index contributed by atoms with van der Waals surface area (Å²) >= 11 is 6.56. The topological polar surface area (TPSA) is 54.8 Å². The normalized spacial score (nSPS) is 16.2. The van der Waals surface area contributed by atoms with Gasteiger partial charge in [-0.15, -0.1) is 0 Å². The van der Waals surface area contributed by atoms with Crippen molar-refractivity contribution in [1.29, 1.82) is 0 Å². The van der Waals surface area contributed by atoms with Gasteiger partial charge in [-0.3, -0.25) is 4.79 Å². The molecule has 1 aliphatic heterocycles. The number of amides is 1. The van der Waals surface area contributed by atoms with Gasteiger partial charge in [0.25, 0.3) is 0 Å². The Labute approximate surface area is 175 Å². The van der Waals surface area contributed by atoms with Crippen LogP contribution >= 0.6 is 11.6 Å². The molecule has 0 radical (unpaired) electrons. The fourth-order valence-electron chi connectivity index (χ4n) is 3.59. The third kappa shape index (κ3) is 3.83. The first-order chi connectivity index (χ1) is 14.0. The highest BCUT2D eigenvalue weighted by Crippen LogP contribution is 2.37. The molecule has 1 atom stereocenters. The molecule has 3 aromatic rings. The van der Waals surface area contributed by atoms with Crippen LogP contribution in [0, 0.1) is 6.92 Å². The number of aryl methyl sites for hydroxylation is 1. The Morgan fingerprint density at radius 2 is 1.97 bits per heavy atom. The van der Waals surface area contributed by atoms with E-state index >= 15 is 0 Å². The average Bonchev–Trinajstić information content (AvgIpc) is 3.13. The molecule has 0 spiro atoms. The Kier molecular flexibility index (Phi) is 5.24. The Morgan fingerprint density at radius 3 is 2.66 bits per heavy atom. The summed E-state index contributed by atoms with van der Waals surface area (Å²) in [4.78, 5) is 16.9. The number of halogens is 1. The highest BCUT2D eigenvalue weighted by molar-refractivity contribution is 6.30. The van der Waals surface area contributed by atoms with Gasteiger partial charge < -0.3 is 4.74 Å². The summed E-state index contributed by atoms with van der Waals surface area (Å²) in [5.41, 5.74) is 4.62. The van der Waals surface area contributed by atoms with Crippen LogP contribution in [-0.4, -0.2) is 28.2 Å². The van der Waals surface area contributed by atoms with Gasteiger partial charge in [-0.25, -0.2) is 9.99 Å². The van der Waals surface area contributed by atoms with Gasteiger partial charge in [0, 0.05) is 30.4 Å². The Balaban J connectivity index is 1.72. The van der Waals surface area contributed by atoms with E-state index in [9.17, 15) is 4.79 Å². The van der Waals surface area contributed by atoms with E-state index in [1.54, 1.807) is 0 Å². The number of nitrogens with zero attached hydrogens (tertiary/aromatic N) is 3. The first kappa shape index (κ1) is 19.4. The zero-order valence-electron chi connectivity index (χ0n) is 16.6. The van der Waals surface area contributed by atoms with Gasteiger partial charge in [0.15, 0.2) is 0 Å². The quantitative estimate of drug-likeness (QED) is 0.552. The molecule has 0 saturated heterocycles. The monoisotopic (exact) mass is 407 g/mol. The maximum absolute atomic E-state index is 12.3. The number of rotatable bonds is 4. The summed E-state index contributed by atoms with van der Waals surface area (Å²) in [5.74, 6) is 0.632. The van der Waals surface area contributed by atoms with Crippen LogP contribution in [0.3, 0.4) is 0 Å². The third-order valence-corrected chi connectivity index (χ3v) is 5.36. The summed E-state index contributed by atoms with van der Waals surface area (Å²) in [6.07, 6.45) is 0.590. The Morgan fingerprint density at radius 1 is 1.21 bits per heavy atom. The summed E-state index contributed by atoms with van der Waals surface area (Å²) in [6, 6.07) is 15.6. The number of hydrogen-bond acceptors (Lipinski definition) is 4. The summed E-state index contributed by atoms with van der Waals surface area (Å²) in [7, 11) is 0. The molecular weight excluding hydrogens is 386 g/mol. The van der Waals surface area contributed by atoms with Gasteiger partial charge in [-0.05, 0) is 37.6 Å². The first-order valence-corrected chi connectivity index (χ1v) is 10.0. The molecule has 2 heterocycles. The SMILES string of the molecule is CCOc1ccc2cc([C@@H]3CC(c4ccc(C)cc4)=NN3C(C)=O)c(Cl)nc2c1. The number of pyridine rings is 1. The van der Waals surface area contributed by atoms with Gasteiger partial charge in [-0.2, -0.15) is 5.10 Å². The van der Waals surface area contributed by atoms with Crippen molar-refractivity contribution in [3.8, 4) is 5.75 Å². The predicted octanol–water partition coefficient (Wildman–Crippen LogP) is 5.29. The lowest BCUT2D eigenvalue weighted by Crippen LogP contribution is -2.24. The number of carbonyl (C=O) groups excluding carboxylic acids is 1. The molecule has 1 aromatic heterocycles. The average molecular weight is 408 g/mol. The smallest absolute Gasteiger partial charge is 0.240 e. The zero-order chi connectivity index (χ0) is 20.5. The maximum Gasteiger partial charge on any atom is 0.240 e. The molecule has 0 aliphatic carbocycles. The second kappa shape index (κ2) is 7.84. The van der Waals surface area contributed by atoms with Crippen LogP contribution in [-0.2, 0) is 4.79 Å². The fourth-order valence-corrected chi connectivity index (χ4v) is 3.86. The van der Waals surface area contributed by atoms with Crippen molar-refractivity contribution in [3.05, 3.63) is 70.4 Å². The van der Waals surface area contributed by atoms with Crippen molar-refractivity contribution >= 4 is 34.1 Å². The molecule has 5 nitrogen and oxygen atoms in total. The van der Waals surface area contributed by atoms with E-state index in [-0.39, 0.29) is 11.9 Å². The minimum Gasteiger partial charge on any atom is -0.494 e. The first-order valence-electron chi connectivity index (χ1n) is 9.63. The van der Waals surface area contributed by atoms with E-state index < -0.39 is 0 Å². The standard InChI is InChI=1S/C23H22ClN3O2/c1-4-29-18-10-9-17-11-19(23(24)25-20(17)12-18)22-13-21(26-27(22)15(3)28)16-7-5-14(2)6-8-16/h5-12,22H,4,13H2,1-3H3/t22-/m0/s1. The zero-order valence-corrected chi connectivity index (χ0v) is 17.4. The minimum absolute atomic E-state index is 0.125. The molecule has 0 bridgehead atoms. The third-order valence-electron chi connectivity index (χ3n) is 5.06. The number of fused-ring (bicyclic) bond motifs is 1. The number of aromatic nitrogens is 1. The minimum atomic E-state index is -0.278. The van der Waals surface area contributed by atoms with E-state index in [0.29, 0.717) is 18.2 Å². The molecular formula is C23H22ClN3O2. The maximum atomic E-state index is 12.3. The molecule has 0 fully saturated rings. The van der Waals surface area contributed by atoms with Gasteiger partial charge in [0.2, 0.25) is 5.91 Å². The van der Waals surface area contributed by atoms with Crippen molar-refractivity contribution in [3.63, 3.8) is 0 Å². The highest BCUT2D eigenvalue weighted by Gasteiger charge is 2.33. The van der Waals surface area contributed by atoms with Crippen molar-refractivity contribution < 1.29 is 9.53 Å². The fraction of sp³-hybridized carbons (Fsp3) is 0.261. The largest absolute Gasteiger partial charge is 0.494 e. The van der Waals surface area contributed by atoms with Crippen molar-refractivity contribution in [2.24, 2.45) is 5.10 Å². The molecule has 0 saturated carbocycles. The molecule has 0 N–H and O–H groups in total. The molecule has 2 aromatic carbocycles. The van der Waals surface area contributed by atoms with Crippen LogP contribution in [0.2, 0.25) is 5.15 Å². The lowest BCUT2D eigenvalue weighted by atomic mass is 9.98. The highest BCUT2D eigenvalue weighted by atomic mass is 35.5. The van der Waals surface area contributed by atoms with E-state index in [4.69, 9.17) is 16.3 Å². The van der Waals surface area contributed by atoms with E-state index in [0.717, 1.165) is 33.5 Å². The second-order valence-electron chi connectivity index (χ2n) is 7.15. The van der Waals surface area contributed by atoms with Crippen LogP contribution in [0.4, 0.5) is 0 Å². The Hall–Kier alpha value is -2.92. The molecule has 0 unspecified atom stereocenters. The number of hydrazone groups is 1. The van der Waals surface area contributed by atoms with Crippen LogP contribution in [0.15, 0.2) is 53.6 Å². The molecule has 29 heavy (non-hydrogen) atoms. The van der Waals surface area contributed by atoms with Gasteiger partial charge in [0.05, 0.1) is 23.9 Å². The number of benzene rings is 2. The number of ether oxygens (including phenoxy) is 1. The van der Waals surface area contributed by atoms with Crippen molar-refractivity contribution in [1.82, 2.24) is 9.99 Å². The van der Waals surface area contributed by atoms with Crippen LogP contribution in [0.25, 0.3) is 10.9 Å². The van der Waals surface area contributed by atoms with E-state index in [1.165, 1.54) is 17.5 Å². The van der Waals surface area contributed by atoms with Crippen molar-refractivity contribution in [2.45, 2.75) is 33.2 Å². The number of hydrogen-bond donors (Lipinski definition) is 0. The molecule has 1 aliphatic rings. The van der Waals surface area contributed by atoms with Gasteiger partial charge >= 0.3 is 0 Å². The Bertz CT molecular complexity index is 1110. The van der Waals surface area contributed by atoms with Crippen molar-refractivity contribution in [2.75, 3.05) is 6.61 Å². The van der Waals surface area contributed by atoms with Gasteiger partial charge in [-0.1, -0.05) is 41.4 Å². The lowest BCUT2D eigenvalue weighted by Gasteiger charge is -2.21. The molecule has 1 amide bonds. The van der Waals surface area contributed by atoms with Crippen LogP contribution in [0.1, 0.15) is 43.0 Å². The second-order valence-corrected chi connectivity index (χ2v) is 7.51. The molecule has 148 valence electrons. The molecule has 6 heteroatoms.